The summed E-state index contributed by atoms with van der Waals surface area (Å²) in [6, 6.07) is 7.58. The van der Waals surface area contributed by atoms with E-state index >= 15 is 0 Å². The van der Waals surface area contributed by atoms with Gasteiger partial charge in [0.1, 0.15) is 0 Å². The molecule has 0 saturated heterocycles. The van der Waals surface area contributed by atoms with Gasteiger partial charge in [-0.2, -0.15) is 0 Å². The molecule has 1 aromatic heterocycles. The molecular weight excluding hydrogens is 336 g/mol. The highest BCUT2D eigenvalue weighted by atomic mass is 35.5. The average molecular weight is 353 g/mol. The Morgan fingerprint density at radius 3 is 3.04 bits per heavy atom. The summed E-state index contributed by atoms with van der Waals surface area (Å²) < 4.78 is 7.07. The fourth-order valence-electron chi connectivity index (χ4n) is 2.16. The quantitative estimate of drug-likeness (QED) is 0.810. The Kier molecular flexibility index (Phi) is 4.79. The van der Waals surface area contributed by atoms with Crippen LogP contribution in [-0.4, -0.2) is 40.2 Å². The second kappa shape index (κ2) is 6.82. The maximum absolute atomic E-state index is 11.8. The fourth-order valence-corrected chi connectivity index (χ4v) is 2.53. The Labute approximate surface area is 144 Å². The molecule has 1 fully saturated rings. The van der Waals surface area contributed by atoms with Crippen LogP contribution in [0.2, 0.25) is 5.02 Å². The number of halogens is 1. The Morgan fingerprint density at radius 2 is 2.35 bits per heavy atom. The van der Waals surface area contributed by atoms with Crippen molar-refractivity contribution in [1.82, 2.24) is 20.0 Å². The summed E-state index contributed by atoms with van der Waals surface area (Å²) in [6.07, 6.45) is 2.15. The lowest BCUT2D eigenvalue weighted by atomic mass is 10.2. The zero-order valence-electron chi connectivity index (χ0n) is 12.7. The van der Waals surface area contributed by atoms with Crippen LogP contribution in [0.1, 0.15) is 12.8 Å². The Morgan fingerprint density at radius 1 is 1.57 bits per heavy atom. The van der Waals surface area contributed by atoms with E-state index in [1.54, 1.807) is 16.8 Å². The van der Waals surface area contributed by atoms with Gasteiger partial charge in [0.05, 0.1) is 13.2 Å². The van der Waals surface area contributed by atoms with Crippen LogP contribution in [0, 0.1) is 4.84 Å². The van der Waals surface area contributed by atoms with Crippen molar-refractivity contribution in [3.8, 4) is 11.5 Å². The van der Waals surface area contributed by atoms with Gasteiger partial charge in [0.15, 0.2) is 0 Å². The van der Waals surface area contributed by atoms with E-state index in [4.69, 9.17) is 28.2 Å². The number of rotatable bonds is 6. The normalized spacial score (nSPS) is 14.2. The standard InChI is InChI=1S/C15H17ClN4O2S/c1-19(8-13(21)17-12-5-6-12)9-20-15(23)22-14(18-20)10-3-2-4-11(16)7-10/h2-4,7,12H,5-6,8-9H2,1H3,(H,17,21). The van der Waals surface area contributed by atoms with Crippen molar-refractivity contribution < 1.29 is 9.21 Å². The number of amides is 1. The Hall–Kier alpha value is -1.70. The number of likely N-dealkylation sites (N-methyl/N-ethyl adjacent to an activating group) is 1. The lowest BCUT2D eigenvalue weighted by Gasteiger charge is -2.15. The first-order chi connectivity index (χ1) is 11.0. The molecule has 0 spiro atoms. The highest BCUT2D eigenvalue weighted by Crippen LogP contribution is 2.21. The predicted octanol–water partition coefficient (Wildman–Crippen LogP) is 2.69. The molecule has 1 aromatic carbocycles. The van der Waals surface area contributed by atoms with Crippen LogP contribution in [-0.2, 0) is 11.5 Å². The molecule has 1 saturated carbocycles. The topological polar surface area (TPSA) is 63.3 Å². The van der Waals surface area contributed by atoms with E-state index < -0.39 is 0 Å². The van der Waals surface area contributed by atoms with E-state index in [2.05, 4.69) is 10.4 Å². The average Bonchev–Trinajstić information content (AvgIpc) is 3.21. The second-order valence-electron chi connectivity index (χ2n) is 5.68. The van der Waals surface area contributed by atoms with Crippen LogP contribution in [0.4, 0.5) is 0 Å². The molecule has 0 atom stereocenters. The minimum atomic E-state index is 0.0140. The van der Waals surface area contributed by atoms with E-state index in [0.717, 1.165) is 18.4 Å². The molecule has 122 valence electrons. The van der Waals surface area contributed by atoms with Crippen molar-refractivity contribution in [1.29, 1.82) is 0 Å². The highest BCUT2D eigenvalue weighted by molar-refractivity contribution is 7.71. The largest absolute Gasteiger partial charge is 0.409 e. The zero-order valence-corrected chi connectivity index (χ0v) is 14.2. The van der Waals surface area contributed by atoms with Gasteiger partial charge >= 0.3 is 0 Å². The van der Waals surface area contributed by atoms with Crippen molar-refractivity contribution in [2.24, 2.45) is 0 Å². The smallest absolute Gasteiger partial charge is 0.288 e. The van der Waals surface area contributed by atoms with Crippen LogP contribution < -0.4 is 5.32 Å². The molecule has 8 heteroatoms. The van der Waals surface area contributed by atoms with Crippen molar-refractivity contribution in [3.63, 3.8) is 0 Å². The number of benzene rings is 1. The SMILES string of the molecule is CN(CC(=O)NC1CC1)Cn1nc(-c2cccc(Cl)c2)oc1=S. The summed E-state index contributed by atoms with van der Waals surface area (Å²) in [5.41, 5.74) is 0.761. The van der Waals surface area contributed by atoms with Crippen LogP contribution in [0.5, 0.6) is 0 Å². The number of hydrogen-bond acceptors (Lipinski definition) is 5. The first kappa shape index (κ1) is 16.2. The molecule has 0 aliphatic heterocycles. The first-order valence-corrected chi connectivity index (χ1v) is 8.11. The molecule has 0 bridgehead atoms. The minimum absolute atomic E-state index is 0.0140. The third kappa shape index (κ3) is 4.40. The number of aromatic nitrogens is 2. The van der Waals surface area contributed by atoms with Crippen LogP contribution in [0.3, 0.4) is 0 Å². The van der Waals surface area contributed by atoms with E-state index in [-0.39, 0.29) is 17.3 Å². The molecule has 6 nitrogen and oxygen atoms in total. The number of nitrogens with one attached hydrogen (secondary N) is 1. The molecule has 1 aliphatic carbocycles. The Balaban J connectivity index is 1.66. The highest BCUT2D eigenvalue weighted by Gasteiger charge is 2.23. The van der Waals surface area contributed by atoms with Gasteiger partial charge < -0.3 is 9.73 Å². The zero-order chi connectivity index (χ0) is 16.4. The van der Waals surface area contributed by atoms with E-state index in [1.807, 2.05) is 24.1 Å². The third-order valence-electron chi connectivity index (χ3n) is 3.41. The molecule has 1 aliphatic rings. The van der Waals surface area contributed by atoms with Crippen molar-refractivity contribution in [2.45, 2.75) is 25.6 Å². The summed E-state index contributed by atoms with van der Waals surface area (Å²) in [6.45, 7) is 0.665. The molecule has 0 unspecified atom stereocenters. The third-order valence-corrected chi connectivity index (χ3v) is 3.94. The van der Waals surface area contributed by atoms with E-state index in [1.165, 1.54) is 0 Å². The van der Waals surface area contributed by atoms with Gasteiger partial charge in [0.25, 0.3) is 4.84 Å². The van der Waals surface area contributed by atoms with Gasteiger partial charge in [0.2, 0.25) is 11.8 Å². The number of nitrogens with zero attached hydrogens (tertiary/aromatic N) is 3. The van der Waals surface area contributed by atoms with Gasteiger partial charge in [-0.3, -0.25) is 9.69 Å². The lowest BCUT2D eigenvalue weighted by molar-refractivity contribution is -0.122. The van der Waals surface area contributed by atoms with Gasteiger partial charge in [-0.15, -0.1) is 5.10 Å². The molecular formula is C15H17ClN4O2S. The van der Waals surface area contributed by atoms with E-state index in [0.29, 0.717) is 23.6 Å². The molecule has 1 heterocycles. The van der Waals surface area contributed by atoms with Crippen LogP contribution in [0.25, 0.3) is 11.5 Å². The van der Waals surface area contributed by atoms with Gasteiger partial charge in [-0.05, 0) is 50.3 Å². The van der Waals surface area contributed by atoms with Crippen LogP contribution in [0.15, 0.2) is 28.7 Å². The molecule has 3 rings (SSSR count). The maximum atomic E-state index is 11.8. The summed E-state index contributed by atoms with van der Waals surface area (Å²) in [7, 11) is 1.84. The second-order valence-corrected chi connectivity index (χ2v) is 6.47. The van der Waals surface area contributed by atoms with Crippen molar-refractivity contribution in [3.05, 3.63) is 34.1 Å². The van der Waals surface area contributed by atoms with Gasteiger partial charge in [-0.25, -0.2) is 4.68 Å². The molecule has 1 N–H and O–H groups in total. The first-order valence-electron chi connectivity index (χ1n) is 7.33. The number of carbonyl (C=O) groups excluding carboxylic acids is 1. The van der Waals surface area contributed by atoms with Crippen LogP contribution >= 0.6 is 23.8 Å². The lowest BCUT2D eigenvalue weighted by Crippen LogP contribution is -2.37. The molecule has 1 amide bonds. The minimum Gasteiger partial charge on any atom is -0.409 e. The molecule has 23 heavy (non-hydrogen) atoms. The summed E-state index contributed by atoms with van der Waals surface area (Å²) in [5.74, 6) is 0.424. The number of carbonyl (C=O) groups is 1. The summed E-state index contributed by atoms with van der Waals surface area (Å²) in [5, 5.41) is 7.91. The predicted molar refractivity (Wildman–Crippen MR) is 89.6 cm³/mol. The maximum Gasteiger partial charge on any atom is 0.288 e. The Bertz CT molecular complexity index is 769. The summed E-state index contributed by atoms with van der Waals surface area (Å²) in [4.78, 5) is 13.9. The van der Waals surface area contributed by atoms with Crippen molar-refractivity contribution >= 4 is 29.7 Å². The molecule has 0 radical (unpaired) electrons. The van der Waals surface area contributed by atoms with Crippen molar-refractivity contribution in [2.75, 3.05) is 13.6 Å². The monoisotopic (exact) mass is 352 g/mol. The van der Waals surface area contributed by atoms with Gasteiger partial charge in [0, 0.05) is 16.6 Å². The fraction of sp³-hybridized carbons (Fsp3) is 0.400. The van der Waals surface area contributed by atoms with Gasteiger partial charge in [-0.1, -0.05) is 17.7 Å². The number of hydrogen-bond donors (Lipinski definition) is 1. The van der Waals surface area contributed by atoms with E-state index in [9.17, 15) is 4.79 Å². The summed E-state index contributed by atoms with van der Waals surface area (Å²) >= 11 is 11.2. The molecule has 2 aromatic rings.